The smallest absolute Gasteiger partial charge is 0.254 e. The fourth-order valence-corrected chi connectivity index (χ4v) is 5.11. The standard InChI is InChI=1S/C23H21BrN2O2S/c24-18-12-16(10-11-19(18)27)14-26-23-21(17-8-4-5-9-20(17)29-23)22(28)25-13-15-6-2-1-3-7-15/h1-3,6-7,10-12,14,27H,4-5,8-9,13H2,(H,25,28). The molecule has 1 aliphatic rings. The van der Waals surface area contributed by atoms with E-state index in [1.54, 1.807) is 29.7 Å². The van der Waals surface area contributed by atoms with E-state index in [-0.39, 0.29) is 11.7 Å². The summed E-state index contributed by atoms with van der Waals surface area (Å²) in [6, 6.07) is 15.1. The van der Waals surface area contributed by atoms with Gasteiger partial charge in [0.2, 0.25) is 0 Å². The lowest BCUT2D eigenvalue weighted by atomic mass is 9.95. The van der Waals surface area contributed by atoms with Crippen LogP contribution in [-0.4, -0.2) is 17.2 Å². The molecule has 1 aliphatic carbocycles. The molecule has 0 spiro atoms. The number of phenols is 1. The van der Waals surface area contributed by atoms with Gasteiger partial charge in [0.15, 0.2) is 0 Å². The van der Waals surface area contributed by atoms with Crippen molar-refractivity contribution in [2.45, 2.75) is 32.2 Å². The van der Waals surface area contributed by atoms with E-state index in [4.69, 9.17) is 0 Å². The largest absolute Gasteiger partial charge is 0.507 e. The van der Waals surface area contributed by atoms with Crippen LogP contribution in [0.2, 0.25) is 0 Å². The van der Waals surface area contributed by atoms with Crippen molar-refractivity contribution in [3.63, 3.8) is 0 Å². The van der Waals surface area contributed by atoms with Gasteiger partial charge in [-0.1, -0.05) is 30.3 Å². The molecule has 29 heavy (non-hydrogen) atoms. The number of nitrogens with zero attached hydrogens (tertiary/aromatic N) is 1. The Balaban J connectivity index is 1.61. The SMILES string of the molecule is O=C(NCc1ccccc1)c1c(N=Cc2ccc(O)c(Br)c2)sc2c1CCCC2. The highest BCUT2D eigenvalue weighted by molar-refractivity contribution is 9.10. The minimum absolute atomic E-state index is 0.0627. The molecule has 6 heteroatoms. The third-order valence-electron chi connectivity index (χ3n) is 4.98. The van der Waals surface area contributed by atoms with E-state index >= 15 is 0 Å². The zero-order valence-corrected chi connectivity index (χ0v) is 18.2. The molecular weight excluding hydrogens is 448 g/mol. The maximum Gasteiger partial charge on any atom is 0.254 e. The number of nitrogens with one attached hydrogen (secondary N) is 1. The van der Waals surface area contributed by atoms with Crippen molar-refractivity contribution in [3.8, 4) is 5.75 Å². The molecule has 1 amide bonds. The number of hydrogen-bond acceptors (Lipinski definition) is 4. The van der Waals surface area contributed by atoms with Crippen LogP contribution in [0.5, 0.6) is 5.75 Å². The summed E-state index contributed by atoms with van der Waals surface area (Å²) in [4.78, 5) is 19.0. The van der Waals surface area contributed by atoms with E-state index in [1.807, 2.05) is 36.4 Å². The summed E-state index contributed by atoms with van der Waals surface area (Å²) in [6.07, 6.45) is 5.96. The lowest BCUT2D eigenvalue weighted by Crippen LogP contribution is -2.24. The molecule has 0 aliphatic heterocycles. The molecule has 0 unspecified atom stereocenters. The number of carbonyl (C=O) groups excluding carboxylic acids is 1. The lowest BCUT2D eigenvalue weighted by Gasteiger charge is -2.12. The second-order valence-electron chi connectivity index (χ2n) is 7.03. The zero-order valence-electron chi connectivity index (χ0n) is 15.8. The first kappa shape index (κ1) is 19.9. The molecule has 4 rings (SSSR count). The fourth-order valence-electron chi connectivity index (χ4n) is 3.48. The number of hydrogen-bond donors (Lipinski definition) is 2. The highest BCUT2D eigenvalue weighted by Crippen LogP contribution is 2.40. The minimum atomic E-state index is -0.0627. The Bertz CT molecular complexity index is 1060. The van der Waals surface area contributed by atoms with Gasteiger partial charge in [0.1, 0.15) is 10.8 Å². The van der Waals surface area contributed by atoms with Crippen LogP contribution < -0.4 is 5.32 Å². The number of benzene rings is 2. The second kappa shape index (κ2) is 8.93. The molecule has 2 aromatic carbocycles. The van der Waals surface area contributed by atoms with E-state index in [1.165, 1.54) is 4.88 Å². The van der Waals surface area contributed by atoms with Crippen molar-refractivity contribution in [1.29, 1.82) is 0 Å². The minimum Gasteiger partial charge on any atom is -0.507 e. The van der Waals surface area contributed by atoms with Crippen molar-refractivity contribution >= 4 is 44.4 Å². The number of phenolic OH excluding ortho intramolecular Hbond substituents is 1. The van der Waals surface area contributed by atoms with Crippen LogP contribution in [0, 0.1) is 0 Å². The number of amides is 1. The van der Waals surface area contributed by atoms with Gasteiger partial charge in [0.25, 0.3) is 5.91 Å². The van der Waals surface area contributed by atoms with Gasteiger partial charge in [-0.2, -0.15) is 0 Å². The third kappa shape index (κ3) is 4.60. The highest BCUT2D eigenvalue weighted by atomic mass is 79.9. The molecule has 0 bridgehead atoms. The molecule has 0 atom stereocenters. The van der Waals surface area contributed by atoms with Gasteiger partial charge in [-0.25, -0.2) is 4.99 Å². The maximum atomic E-state index is 13.1. The van der Waals surface area contributed by atoms with Crippen LogP contribution in [0.15, 0.2) is 58.0 Å². The number of aromatic hydroxyl groups is 1. The Morgan fingerprint density at radius 1 is 1.17 bits per heavy atom. The number of carbonyl (C=O) groups is 1. The molecule has 1 heterocycles. The molecule has 0 saturated heterocycles. The van der Waals surface area contributed by atoms with Crippen LogP contribution in [0.4, 0.5) is 5.00 Å². The monoisotopic (exact) mass is 468 g/mol. The number of aliphatic imine (C=N–C) groups is 1. The second-order valence-corrected chi connectivity index (χ2v) is 8.97. The van der Waals surface area contributed by atoms with Gasteiger partial charge in [0, 0.05) is 17.6 Å². The van der Waals surface area contributed by atoms with Crippen LogP contribution in [0.25, 0.3) is 0 Å². The number of rotatable bonds is 5. The van der Waals surface area contributed by atoms with Crippen LogP contribution in [-0.2, 0) is 19.4 Å². The Labute approximate surface area is 182 Å². The molecule has 2 N–H and O–H groups in total. The van der Waals surface area contributed by atoms with E-state index in [2.05, 4.69) is 26.2 Å². The Kier molecular flexibility index (Phi) is 6.11. The number of aryl methyl sites for hydroxylation is 1. The zero-order chi connectivity index (χ0) is 20.2. The molecule has 0 radical (unpaired) electrons. The normalized spacial score (nSPS) is 13.4. The molecule has 3 aromatic rings. The highest BCUT2D eigenvalue weighted by Gasteiger charge is 2.25. The van der Waals surface area contributed by atoms with Crippen molar-refractivity contribution in [2.24, 2.45) is 4.99 Å². The fraction of sp³-hybridized carbons (Fsp3) is 0.217. The van der Waals surface area contributed by atoms with Gasteiger partial charge in [-0.15, -0.1) is 11.3 Å². The van der Waals surface area contributed by atoms with Crippen LogP contribution in [0.1, 0.15) is 44.8 Å². The van der Waals surface area contributed by atoms with Crippen molar-refractivity contribution < 1.29 is 9.90 Å². The number of thiophene rings is 1. The predicted octanol–water partition coefficient (Wildman–Crippen LogP) is 5.78. The van der Waals surface area contributed by atoms with Gasteiger partial charge < -0.3 is 10.4 Å². The van der Waals surface area contributed by atoms with Crippen LogP contribution in [0.3, 0.4) is 0 Å². The van der Waals surface area contributed by atoms with E-state index in [0.29, 0.717) is 11.0 Å². The summed E-state index contributed by atoms with van der Waals surface area (Å²) in [5.74, 6) is 0.127. The van der Waals surface area contributed by atoms with Gasteiger partial charge in [-0.3, -0.25) is 4.79 Å². The van der Waals surface area contributed by atoms with E-state index in [0.717, 1.165) is 52.9 Å². The number of halogens is 1. The predicted molar refractivity (Wildman–Crippen MR) is 122 cm³/mol. The summed E-state index contributed by atoms with van der Waals surface area (Å²) in [6.45, 7) is 0.498. The summed E-state index contributed by atoms with van der Waals surface area (Å²) in [5.41, 5.74) is 3.81. The Hall–Kier alpha value is -2.44. The molecule has 4 nitrogen and oxygen atoms in total. The van der Waals surface area contributed by atoms with Crippen molar-refractivity contribution in [3.05, 3.63) is 80.1 Å². The van der Waals surface area contributed by atoms with Gasteiger partial charge in [0.05, 0.1) is 10.0 Å². The molecule has 1 aromatic heterocycles. The quantitative estimate of drug-likeness (QED) is 0.466. The molecular formula is C23H21BrN2O2S. The van der Waals surface area contributed by atoms with Gasteiger partial charge >= 0.3 is 0 Å². The summed E-state index contributed by atoms with van der Waals surface area (Å²) in [7, 11) is 0. The topological polar surface area (TPSA) is 61.7 Å². The number of fused-ring (bicyclic) bond motifs is 1. The average molecular weight is 469 g/mol. The summed E-state index contributed by atoms with van der Waals surface area (Å²) < 4.78 is 0.618. The average Bonchev–Trinajstić information content (AvgIpc) is 3.12. The van der Waals surface area contributed by atoms with Gasteiger partial charge in [-0.05, 0) is 76.5 Å². The molecule has 148 valence electrons. The van der Waals surface area contributed by atoms with Crippen molar-refractivity contribution in [2.75, 3.05) is 0 Å². The first-order chi connectivity index (χ1) is 14.1. The first-order valence-corrected chi connectivity index (χ1v) is 11.2. The first-order valence-electron chi connectivity index (χ1n) is 9.61. The van der Waals surface area contributed by atoms with E-state index in [9.17, 15) is 9.90 Å². The third-order valence-corrected chi connectivity index (χ3v) is 6.81. The van der Waals surface area contributed by atoms with Crippen LogP contribution >= 0.6 is 27.3 Å². The van der Waals surface area contributed by atoms with E-state index < -0.39 is 0 Å². The Morgan fingerprint density at radius 2 is 1.97 bits per heavy atom. The summed E-state index contributed by atoms with van der Waals surface area (Å²) >= 11 is 4.94. The molecule has 0 fully saturated rings. The Morgan fingerprint density at radius 3 is 2.76 bits per heavy atom. The van der Waals surface area contributed by atoms with Crippen molar-refractivity contribution in [1.82, 2.24) is 5.32 Å². The lowest BCUT2D eigenvalue weighted by molar-refractivity contribution is 0.0951. The molecule has 0 saturated carbocycles. The summed E-state index contributed by atoms with van der Waals surface area (Å²) in [5, 5.41) is 13.5. The maximum absolute atomic E-state index is 13.1.